The van der Waals surface area contributed by atoms with Crippen molar-refractivity contribution >= 4 is 21.9 Å². The highest BCUT2D eigenvalue weighted by molar-refractivity contribution is 9.10. The van der Waals surface area contributed by atoms with Gasteiger partial charge in [0.1, 0.15) is 0 Å². The number of nitrogens with zero attached hydrogens (tertiary/aromatic N) is 2. The molecule has 0 bridgehead atoms. The number of unbranched alkanes of at least 4 members (excludes halogenated alkanes) is 1. The van der Waals surface area contributed by atoms with Crippen LogP contribution in [0.3, 0.4) is 0 Å². The summed E-state index contributed by atoms with van der Waals surface area (Å²) >= 11 is 3.31. The Balaban J connectivity index is 2.19. The minimum Gasteiger partial charge on any atom is -0.480 e. The standard InChI is InChI=1S/C12H20BrN3O2/c1-3-4-7-18-8-5-6-14-12-15-9-10(13)11(16-12)17-2/h9H,3-8H2,1-2H3,(H,14,15,16). The van der Waals surface area contributed by atoms with E-state index in [9.17, 15) is 0 Å². The Morgan fingerprint density at radius 3 is 2.83 bits per heavy atom. The van der Waals surface area contributed by atoms with Crippen molar-refractivity contribution in [3.05, 3.63) is 10.7 Å². The molecule has 18 heavy (non-hydrogen) atoms. The maximum Gasteiger partial charge on any atom is 0.232 e. The average molecular weight is 318 g/mol. The Morgan fingerprint density at radius 1 is 1.33 bits per heavy atom. The van der Waals surface area contributed by atoms with Gasteiger partial charge in [0.25, 0.3) is 0 Å². The highest BCUT2D eigenvalue weighted by Gasteiger charge is 2.03. The largest absolute Gasteiger partial charge is 0.480 e. The predicted molar refractivity (Wildman–Crippen MR) is 75.1 cm³/mol. The number of aromatic nitrogens is 2. The van der Waals surface area contributed by atoms with Gasteiger partial charge in [-0.2, -0.15) is 4.98 Å². The minimum atomic E-state index is 0.534. The van der Waals surface area contributed by atoms with Gasteiger partial charge in [-0.1, -0.05) is 13.3 Å². The zero-order valence-electron chi connectivity index (χ0n) is 10.9. The number of rotatable bonds is 9. The van der Waals surface area contributed by atoms with Crippen LogP contribution in [0.2, 0.25) is 0 Å². The molecule has 6 heteroatoms. The summed E-state index contributed by atoms with van der Waals surface area (Å²) in [6, 6.07) is 0. The van der Waals surface area contributed by atoms with Crippen LogP contribution in [-0.4, -0.2) is 36.8 Å². The maximum atomic E-state index is 5.46. The second kappa shape index (κ2) is 9.10. The van der Waals surface area contributed by atoms with Crippen molar-refractivity contribution in [3.63, 3.8) is 0 Å². The average Bonchev–Trinajstić information content (AvgIpc) is 2.39. The number of ether oxygens (including phenoxy) is 2. The van der Waals surface area contributed by atoms with Gasteiger partial charge >= 0.3 is 0 Å². The molecule has 1 N–H and O–H groups in total. The molecule has 0 aliphatic heterocycles. The Bertz CT molecular complexity index is 350. The van der Waals surface area contributed by atoms with Crippen molar-refractivity contribution in [2.45, 2.75) is 26.2 Å². The number of methoxy groups -OCH3 is 1. The van der Waals surface area contributed by atoms with E-state index in [4.69, 9.17) is 9.47 Å². The molecule has 0 aliphatic carbocycles. The van der Waals surface area contributed by atoms with Gasteiger partial charge in [0, 0.05) is 19.8 Å². The summed E-state index contributed by atoms with van der Waals surface area (Å²) in [7, 11) is 1.58. The topological polar surface area (TPSA) is 56.3 Å². The number of hydrogen-bond acceptors (Lipinski definition) is 5. The van der Waals surface area contributed by atoms with Crippen LogP contribution in [-0.2, 0) is 4.74 Å². The third-order valence-electron chi connectivity index (χ3n) is 2.30. The molecule has 0 unspecified atom stereocenters. The van der Waals surface area contributed by atoms with Gasteiger partial charge in [0.05, 0.1) is 17.8 Å². The van der Waals surface area contributed by atoms with Crippen LogP contribution in [0.4, 0.5) is 5.95 Å². The van der Waals surface area contributed by atoms with Gasteiger partial charge in [-0.05, 0) is 28.8 Å². The third-order valence-corrected chi connectivity index (χ3v) is 2.84. The van der Waals surface area contributed by atoms with E-state index in [-0.39, 0.29) is 0 Å². The van der Waals surface area contributed by atoms with E-state index < -0.39 is 0 Å². The Morgan fingerprint density at radius 2 is 2.11 bits per heavy atom. The molecule has 1 rings (SSSR count). The second-order valence-corrected chi connectivity index (χ2v) is 4.65. The zero-order valence-corrected chi connectivity index (χ0v) is 12.5. The first kappa shape index (κ1) is 15.2. The molecule has 0 fully saturated rings. The number of hydrogen-bond donors (Lipinski definition) is 1. The number of anilines is 1. The van der Waals surface area contributed by atoms with E-state index in [0.717, 1.165) is 37.1 Å². The molecule has 1 aromatic heterocycles. The van der Waals surface area contributed by atoms with Gasteiger partial charge in [0.2, 0.25) is 11.8 Å². The number of nitrogens with one attached hydrogen (secondary N) is 1. The fourth-order valence-corrected chi connectivity index (χ4v) is 1.66. The molecule has 0 saturated heterocycles. The highest BCUT2D eigenvalue weighted by atomic mass is 79.9. The summed E-state index contributed by atoms with van der Waals surface area (Å²) < 4.78 is 11.3. The van der Waals surface area contributed by atoms with Crippen LogP contribution in [0, 0.1) is 0 Å². The summed E-state index contributed by atoms with van der Waals surface area (Å²) in [4.78, 5) is 8.35. The molecule has 5 nitrogen and oxygen atoms in total. The highest BCUT2D eigenvalue weighted by Crippen LogP contribution is 2.21. The van der Waals surface area contributed by atoms with Crippen molar-refractivity contribution < 1.29 is 9.47 Å². The molecule has 102 valence electrons. The van der Waals surface area contributed by atoms with E-state index in [0.29, 0.717) is 11.8 Å². The van der Waals surface area contributed by atoms with Crippen LogP contribution < -0.4 is 10.1 Å². The summed E-state index contributed by atoms with van der Waals surface area (Å²) in [6.07, 6.45) is 4.91. The summed E-state index contributed by atoms with van der Waals surface area (Å²) in [5.74, 6) is 1.11. The van der Waals surface area contributed by atoms with Crippen LogP contribution in [0.15, 0.2) is 10.7 Å². The fourth-order valence-electron chi connectivity index (χ4n) is 1.30. The third kappa shape index (κ3) is 5.64. The fraction of sp³-hybridized carbons (Fsp3) is 0.667. The Labute approximate surface area is 116 Å². The van der Waals surface area contributed by atoms with E-state index in [1.165, 1.54) is 6.42 Å². The molecule has 0 spiro atoms. The smallest absolute Gasteiger partial charge is 0.232 e. The summed E-state index contributed by atoms with van der Waals surface area (Å²) in [5, 5.41) is 3.13. The molecule has 0 radical (unpaired) electrons. The SMILES string of the molecule is CCCCOCCCNc1ncc(Br)c(OC)n1. The molecule has 0 aromatic carbocycles. The summed E-state index contributed by atoms with van der Waals surface area (Å²) in [6.45, 7) is 4.56. The monoisotopic (exact) mass is 317 g/mol. The van der Waals surface area contributed by atoms with Crippen molar-refractivity contribution in [3.8, 4) is 5.88 Å². The number of halogens is 1. The van der Waals surface area contributed by atoms with Gasteiger partial charge in [0.15, 0.2) is 0 Å². The van der Waals surface area contributed by atoms with E-state index in [2.05, 4.69) is 38.1 Å². The first-order valence-corrected chi connectivity index (χ1v) is 6.95. The van der Waals surface area contributed by atoms with Gasteiger partial charge < -0.3 is 14.8 Å². The van der Waals surface area contributed by atoms with Crippen LogP contribution in [0.25, 0.3) is 0 Å². The zero-order chi connectivity index (χ0) is 13.2. The van der Waals surface area contributed by atoms with Gasteiger partial charge in [-0.25, -0.2) is 4.98 Å². The molecule has 0 atom stereocenters. The van der Waals surface area contributed by atoms with Crippen molar-refractivity contribution in [2.24, 2.45) is 0 Å². The van der Waals surface area contributed by atoms with Crippen molar-refractivity contribution in [1.29, 1.82) is 0 Å². The normalized spacial score (nSPS) is 10.4. The van der Waals surface area contributed by atoms with E-state index in [1.807, 2.05) is 0 Å². The van der Waals surface area contributed by atoms with Gasteiger partial charge in [-0.3, -0.25) is 0 Å². The molecular formula is C12H20BrN3O2. The maximum absolute atomic E-state index is 5.46. The van der Waals surface area contributed by atoms with Crippen LogP contribution >= 0.6 is 15.9 Å². The lowest BCUT2D eigenvalue weighted by atomic mass is 10.4. The minimum absolute atomic E-state index is 0.534. The molecule has 0 saturated carbocycles. The first-order chi connectivity index (χ1) is 8.77. The predicted octanol–water partition coefficient (Wildman–Crippen LogP) is 2.87. The lowest BCUT2D eigenvalue weighted by molar-refractivity contribution is 0.131. The Kier molecular flexibility index (Phi) is 7.68. The van der Waals surface area contributed by atoms with Crippen molar-refractivity contribution in [1.82, 2.24) is 9.97 Å². The van der Waals surface area contributed by atoms with Crippen LogP contribution in [0.1, 0.15) is 26.2 Å². The Hall–Kier alpha value is -0.880. The van der Waals surface area contributed by atoms with Gasteiger partial charge in [-0.15, -0.1) is 0 Å². The molecule has 1 heterocycles. The lowest BCUT2D eigenvalue weighted by Gasteiger charge is -2.07. The van der Waals surface area contributed by atoms with E-state index in [1.54, 1.807) is 13.3 Å². The van der Waals surface area contributed by atoms with Crippen molar-refractivity contribution in [2.75, 3.05) is 32.2 Å². The second-order valence-electron chi connectivity index (χ2n) is 3.80. The molecule has 1 aromatic rings. The molecule has 0 amide bonds. The quantitative estimate of drug-likeness (QED) is 0.710. The molecule has 0 aliphatic rings. The van der Waals surface area contributed by atoms with Crippen LogP contribution in [0.5, 0.6) is 5.88 Å². The van der Waals surface area contributed by atoms with E-state index >= 15 is 0 Å². The first-order valence-electron chi connectivity index (χ1n) is 6.16. The lowest BCUT2D eigenvalue weighted by Crippen LogP contribution is -2.09. The summed E-state index contributed by atoms with van der Waals surface area (Å²) in [5.41, 5.74) is 0. The molecular weight excluding hydrogens is 298 g/mol.